The van der Waals surface area contributed by atoms with Crippen molar-refractivity contribution in [2.75, 3.05) is 45.8 Å². The molecule has 0 radical (unpaired) electrons. The van der Waals surface area contributed by atoms with Gasteiger partial charge < -0.3 is 83.3 Å². The molecule has 1 aliphatic heterocycles. The van der Waals surface area contributed by atoms with E-state index in [1.807, 2.05) is 83.1 Å². The number of aliphatic hydroxyl groups is 1. The molecule has 0 saturated carbocycles. The highest BCUT2D eigenvalue weighted by atomic mass is 32.2. The number of carboxylic acids is 1. The number of amides is 3. The van der Waals surface area contributed by atoms with Crippen LogP contribution >= 0.6 is 0 Å². The van der Waals surface area contributed by atoms with Crippen molar-refractivity contribution < 1.29 is 99.9 Å². The fourth-order valence-electron chi connectivity index (χ4n) is 9.89. The molecule has 0 bridgehead atoms. The van der Waals surface area contributed by atoms with Gasteiger partial charge in [0.1, 0.15) is 46.7 Å². The second kappa shape index (κ2) is 86.9. The molecular formula is C92H200N10O22S. The Kier molecular flexibility index (Phi) is 106. The van der Waals surface area contributed by atoms with E-state index in [-0.39, 0.29) is 130 Å². The number of ketones is 3. The van der Waals surface area contributed by atoms with E-state index in [0.717, 1.165) is 68.5 Å². The number of ether oxygens (including phenoxy) is 6. The number of allylic oxidation sites excluding steroid dienone is 1. The summed E-state index contributed by atoms with van der Waals surface area (Å²) in [6.07, 6.45) is 9.05. The maximum absolute atomic E-state index is 11.7. The van der Waals surface area contributed by atoms with Crippen LogP contribution in [0.25, 0.3) is 0 Å². The number of rotatable bonds is 39. The molecule has 0 aromatic heterocycles. The van der Waals surface area contributed by atoms with Gasteiger partial charge in [0.15, 0.2) is 0 Å². The molecule has 1 saturated heterocycles. The summed E-state index contributed by atoms with van der Waals surface area (Å²) < 4.78 is 53.7. The first-order valence-electron chi connectivity index (χ1n) is 42.4. The van der Waals surface area contributed by atoms with Gasteiger partial charge in [-0.05, 0) is 206 Å². The Balaban J connectivity index is -0.0000000830. The van der Waals surface area contributed by atoms with Gasteiger partial charge in [0.05, 0.1) is 69.2 Å². The van der Waals surface area contributed by atoms with Crippen molar-refractivity contribution in [3.63, 3.8) is 0 Å². The Bertz CT molecular complexity index is 2820. The van der Waals surface area contributed by atoms with Crippen molar-refractivity contribution in [1.82, 2.24) is 20.7 Å². The monoisotopic (exact) mass is 1830 g/mol. The summed E-state index contributed by atoms with van der Waals surface area (Å²) >= 11 is 0. The van der Waals surface area contributed by atoms with Gasteiger partial charge in [-0.3, -0.25) is 34.1 Å². The van der Waals surface area contributed by atoms with Gasteiger partial charge in [-0.25, -0.2) is 37.1 Å². The third kappa shape index (κ3) is 116. The van der Waals surface area contributed by atoms with Gasteiger partial charge in [0.25, 0.3) is 0 Å². The number of nitrogens with two attached hydrogens (primary N) is 5. The molecule has 1 rings (SSSR count). The standard InChI is InChI=1S/C13H25NO4.C11H21NO4.C9H16O.C8H18N2O2.C8H15NO4.C8H17NO3S.C8H17NO2.2C7H15NO.C7H17N.6CH4/c1-7-17-11(15)10(8-9(2)3)14-12(16)18-13(4,5)6;1-7(2)6-8(9(13)14)12-10(15)16-11(3,4)5;1-7(2)4-9-5-8(3)10-6-9;1-6(2)5-7(9)8(12)10-3-4-11;1-4-13-8(10)7(9(11)12)5-6(2)3;1-6(2)5-8(7(3)10)9-13(4,11)12;1-4-11-8(10)7(9)5-6(2)3;2*1-5(2)4-7(8)6(3)9;1-4-7(8)5-6(2)3;;;;;;/h9-10H,7-8H2,1-6H3,(H,14,16);7-8H,6H2,1-5H3,(H,12,15)(H,13,14);7,9H,3-6H2,1-2H3;6-7,11H,3-5,9H2,1-2H3,(H,10,12);6-7H,4-5H2,1-3H3;6,8-9H,5H2,1-4H3;6-7H,4-5,9H2,1-3H3;2*5,7H,4,8H2,1-3H3;6-7H,4-5,8H2,1-3H3;6*1H4. The van der Waals surface area contributed by atoms with Crippen LogP contribution in [0.15, 0.2) is 12.3 Å². The van der Waals surface area contributed by atoms with E-state index in [2.05, 4.69) is 94.3 Å². The number of esters is 3. The van der Waals surface area contributed by atoms with E-state index in [0.29, 0.717) is 80.9 Å². The van der Waals surface area contributed by atoms with Crippen LogP contribution in [-0.2, 0) is 76.8 Å². The van der Waals surface area contributed by atoms with Crippen molar-refractivity contribution in [1.29, 1.82) is 0 Å². The Labute approximate surface area is 764 Å². The summed E-state index contributed by atoms with van der Waals surface area (Å²) in [5.41, 5.74) is 26.5. The summed E-state index contributed by atoms with van der Waals surface area (Å²) in [4.78, 5) is 121. The molecular weight excluding hydrogens is 1630 g/mol. The largest absolute Gasteiger partial charge is 0.498 e. The lowest BCUT2D eigenvalue weighted by molar-refractivity contribution is -0.512. The van der Waals surface area contributed by atoms with Crippen molar-refractivity contribution in [2.45, 2.75) is 416 Å². The third-order valence-electron chi connectivity index (χ3n) is 15.2. The summed E-state index contributed by atoms with van der Waals surface area (Å²) in [6, 6.07) is -4.29. The van der Waals surface area contributed by atoms with Crippen LogP contribution in [0.5, 0.6) is 0 Å². The second-order valence-corrected chi connectivity index (χ2v) is 37.7. The fourth-order valence-corrected chi connectivity index (χ4v) is 10.7. The SMILES string of the molecule is C.C.C.C.C.C.C=C1CC(CC(C)C)CO1.CC(=O)C(CC(C)C)NS(C)(=O)=O.CC(=O)C(N)CC(C)C.CC(=O)C(N)CC(C)C.CC(C)CC(N)C(=O)NCCO.CC(C)CC(NC(=O)OC(C)(C)C)C(=O)O.CCC(N)CC(C)C.CCOC(=O)C(CC(C)C)NC(=O)OC(C)(C)C.CCOC(=O)C(CC(C)C)[N+](=O)[O-].CCOC(=O)C(N)CC(C)C. The molecule has 3 amide bonds. The number of aliphatic carboxylic acids is 1. The van der Waals surface area contributed by atoms with Gasteiger partial charge in [-0.2, -0.15) is 0 Å². The maximum Gasteiger partial charge on any atom is 0.408 e. The van der Waals surface area contributed by atoms with Crippen molar-refractivity contribution in [3.05, 3.63) is 22.5 Å². The lowest BCUT2D eigenvalue weighted by atomic mass is 9.96. The van der Waals surface area contributed by atoms with Crippen molar-refractivity contribution in [3.8, 4) is 0 Å². The number of nitro groups is 1. The number of carbonyl (C=O) groups excluding carboxylic acids is 9. The number of nitrogens with one attached hydrogen (secondary N) is 4. The number of carbonyl (C=O) groups is 10. The molecule has 0 spiro atoms. The highest BCUT2D eigenvalue weighted by Gasteiger charge is 2.32. The predicted octanol–water partition coefficient (Wildman–Crippen LogP) is 16.7. The van der Waals surface area contributed by atoms with E-state index in [4.69, 9.17) is 62.6 Å². The van der Waals surface area contributed by atoms with E-state index in [1.165, 1.54) is 27.2 Å². The van der Waals surface area contributed by atoms with Gasteiger partial charge in [-0.1, -0.05) is 197 Å². The lowest BCUT2D eigenvalue weighted by Crippen LogP contribution is -2.44. The topological polar surface area (TPSA) is 522 Å². The van der Waals surface area contributed by atoms with E-state index >= 15 is 0 Å². The summed E-state index contributed by atoms with van der Waals surface area (Å²) in [6.45, 7) is 68.6. The number of nitrogens with zero attached hydrogens (tertiary/aromatic N) is 1. The number of hydrogen-bond acceptors (Lipinski definition) is 26. The predicted molar refractivity (Wildman–Crippen MR) is 517 cm³/mol. The van der Waals surface area contributed by atoms with Gasteiger partial charge in [0, 0.05) is 36.3 Å². The Morgan fingerprint density at radius 2 is 0.808 bits per heavy atom. The molecule has 1 aliphatic rings. The molecule has 10 unspecified atom stereocenters. The molecule has 0 aromatic rings. The molecule has 16 N–H and O–H groups in total. The van der Waals surface area contributed by atoms with Crippen LogP contribution in [0.3, 0.4) is 0 Å². The molecule has 0 aliphatic carbocycles. The van der Waals surface area contributed by atoms with E-state index in [9.17, 15) is 66.5 Å². The van der Waals surface area contributed by atoms with Crippen LogP contribution in [0.1, 0.15) is 350 Å². The summed E-state index contributed by atoms with van der Waals surface area (Å²) in [7, 11) is -3.28. The number of Topliss-reactive ketones (excluding diaryl/α,β-unsaturated/α-hetero) is 3. The van der Waals surface area contributed by atoms with Crippen LogP contribution in [-0.4, -0.2) is 194 Å². The fraction of sp³-hybridized carbons (Fsp3) is 0.870. The first-order valence-corrected chi connectivity index (χ1v) is 44.2. The zero-order chi connectivity index (χ0) is 95.8. The van der Waals surface area contributed by atoms with Gasteiger partial charge in [0.2, 0.25) is 15.9 Å². The third-order valence-corrected chi connectivity index (χ3v) is 15.9. The molecule has 33 heteroatoms. The Morgan fingerprint density at radius 1 is 0.488 bits per heavy atom. The highest BCUT2D eigenvalue weighted by Crippen LogP contribution is 2.27. The minimum atomic E-state index is -3.28. The molecule has 125 heavy (non-hydrogen) atoms. The quantitative estimate of drug-likeness (QED) is 0.0118. The number of sulfonamides is 1. The van der Waals surface area contributed by atoms with Crippen LogP contribution in [0.2, 0.25) is 0 Å². The Hall–Kier alpha value is -6.49. The average molecular weight is 1830 g/mol. The van der Waals surface area contributed by atoms with Crippen LogP contribution in [0, 0.1) is 75.2 Å². The number of alkyl carbamates (subject to hydrolysis) is 2. The van der Waals surface area contributed by atoms with Gasteiger partial charge >= 0.3 is 42.1 Å². The maximum atomic E-state index is 11.7. The Morgan fingerprint density at radius 3 is 1.06 bits per heavy atom. The normalized spacial score (nSPS) is 13.8. The first-order chi connectivity index (χ1) is 54.0. The summed E-state index contributed by atoms with van der Waals surface area (Å²) in [5.74, 6) is 3.39. The number of hydrogen-bond donors (Lipinski definition) is 11. The average Bonchev–Trinajstić information content (AvgIpc) is 1.69. The van der Waals surface area contributed by atoms with Crippen LogP contribution < -0.4 is 49.3 Å². The van der Waals surface area contributed by atoms with E-state index < -0.39 is 92.5 Å². The summed E-state index contributed by atoms with van der Waals surface area (Å²) in [5, 5.41) is 35.2. The smallest absolute Gasteiger partial charge is 0.408 e. The van der Waals surface area contributed by atoms with Crippen molar-refractivity contribution >= 4 is 69.3 Å². The molecule has 1 heterocycles. The molecule has 32 nitrogen and oxygen atoms in total. The zero-order valence-corrected chi connectivity index (χ0v) is 81.1. The first kappa shape index (κ1) is 153. The zero-order valence-electron chi connectivity index (χ0n) is 80.3. The lowest BCUT2D eigenvalue weighted by Gasteiger charge is -2.23. The van der Waals surface area contributed by atoms with Crippen molar-refractivity contribution in [2.24, 2.45) is 93.8 Å². The molecule has 756 valence electrons. The highest BCUT2D eigenvalue weighted by molar-refractivity contribution is 7.88. The number of aliphatic hydroxyl groups excluding tert-OH is 1. The minimum Gasteiger partial charge on any atom is -0.498 e. The minimum absolute atomic E-state index is 0. The van der Waals surface area contributed by atoms with Gasteiger partial charge in [-0.15, -0.1) is 0 Å². The molecule has 0 aromatic carbocycles. The molecule has 10 atom stereocenters. The van der Waals surface area contributed by atoms with E-state index in [1.54, 1.807) is 62.3 Å². The van der Waals surface area contributed by atoms with Crippen LogP contribution in [0.4, 0.5) is 9.59 Å². The molecule has 1 fully saturated rings. The number of carboxylic acid groups (broad SMARTS) is 1. The second-order valence-electron chi connectivity index (χ2n) is 35.9.